The summed E-state index contributed by atoms with van der Waals surface area (Å²) in [7, 11) is 1.26. The van der Waals surface area contributed by atoms with Gasteiger partial charge in [-0.2, -0.15) is 0 Å². The maximum atomic E-state index is 12.8. The van der Waals surface area contributed by atoms with E-state index in [1.54, 1.807) is 6.08 Å². The summed E-state index contributed by atoms with van der Waals surface area (Å²) >= 11 is 0. The summed E-state index contributed by atoms with van der Waals surface area (Å²) in [5.41, 5.74) is 0. The van der Waals surface area contributed by atoms with Crippen molar-refractivity contribution in [3.63, 3.8) is 0 Å². The number of phosphoric acid groups is 1. The van der Waals surface area contributed by atoms with Crippen molar-refractivity contribution in [2.75, 3.05) is 40.9 Å². The zero-order chi connectivity index (χ0) is 37.2. The van der Waals surface area contributed by atoms with Crippen LogP contribution in [0.1, 0.15) is 181 Å². The number of carbonyl (C=O) groups is 1. The highest BCUT2D eigenvalue weighted by Gasteiger charge is 2.23. The largest absolute Gasteiger partial charge is 0.756 e. The Bertz CT molecular complexity index is 876. The zero-order valence-electron chi connectivity index (χ0n) is 33.4. The normalized spacial score (nSPS) is 14.8. The molecule has 2 N–H and O–H groups in total. The summed E-state index contributed by atoms with van der Waals surface area (Å²) in [4.78, 5) is 25.2. The number of rotatable bonds is 37. The minimum absolute atomic E-state index is 0.00177. The molecule has 0 spiro atoms. The molecular formula is C41H81N2O6P. The van der Waals surface area contributed by atoms with E-state index in [-0.39, 0.29) is 19.1 Å². The Morgan fingerprint density at radius 3 is 1.58 bits per heavy atom. The molecule has 0 radical (unpaired) electrons. The quantitative estimate of drug-likeness (QED) is 0.0285. The molecule has 296 valence electrons. The Labute approximate surface area is 309 Å². The van der Waals surface area contributed by atoms with E-state index >= 15 is 0 Å². The number of unbranched alkanes of at least 4 members (excludes halogenated alkanes) is 22. The Hall–Kier alpha value is -1.02. The lowest BCUT2D eigenvalue weighted by atomic mass is 10.0. The van der Waals surface area contributed by atoms with Crippen LogP contribution in [-0.4, -0.2) is 68.5 Å². The predicted molar refractivity (Wildman–Crippen MR) is 210 cm³/mol. The molecule has 0 rings (SSSR count). The number of aliphatic hydroxyl groups excluding tert-OH is 1. The number of amides is 1. The van der Waals surface area contributed by atoms with Gasteiger partial charge in [0.25, 0.3) is 7.82 Å². The van der Waals surface area contributed by atoms with Gasteiger partial charge in [-0.25, -0.2) is 0 Å². The highest BCUT2D eigenvalue weighted by molar-refractivity contribution is 7.45. The van der Waals surface area contributed by atoms with E-state index in [9.17, 15) is 19.4 Å². The third-order valence-corrected chi connectivity index (χ3v) is 10.1. The van der Waals surface area contributed by atoms with Crippen LogP contribution in [0.15, 0.2) is 24.3 Å². The lowest BCUT2D eigenvalue weighted by Crippen LogP contribution is -2.45. The fourth-order valence-corrected chi connectivity index (χ4v) is 6.52. The van der Waals surface area contributed by atoms with Crippen LogP contribution in [-0.2, 0) is 18.4 Å². The van der Waals surface area contributed by atoms with Gasteiger partial charge in [0.1, 0.15) is 13.2 Å². The van der Waals surface area contributed by atoms with E-state index in [0.29, 0.717) is 17.4 Å². The van der Waals surface area contributed by atoms with Crippen LogP contribution in [0, 0.1) is 0 Å². The minimum Gasteiger partial charge on any atom is -0.756 e. The highest BCUT2D eigenvalue weighted by Crippen LogP contribution is 2.38. The van der Waals surface area contributed by atoms with E-state index in [0.717, 1.165) is 51.4 Å². The molecule has 0 heterocycles. The van der Waals surface area contributed by atoms with Crippen molar-refractivity contribution in [3.05, 3.63) is 24.3 Å². The number of allylic oxidation sites excluding steroid dienone is 3. The maximum Gasteiger partial charge on any atom is 0.268 e. The van der Waals surface area contributed by atoms with Crippen molar-refractivity contribution in [3.8, 4) is 0 Å². The number of phosphoric ester groups is 1. The van der Waals surface area contributed by atoms with Gasteiger partial charge in [-0.15, -0.1) is 0 Å². The average molecular weight is 729 g/mol. The van der Waals surface area contributed by atoms with Gasteiger partial charge in [-0.3, -0.25) is 9.36 Å². The summed E-state index contributed by atoms with van der Waals surface area (Å²) in [6.45, 7) is 4.61. The van der Waals surface area contributed by atoms with E-state index in [2.05, 4.69) is 31.3 Å². The number of hydrogen-bond donors (Lipinski definition) is 2. The molecule has 3 atom stereocenters. The van der Waals surface area contributed by atoms with Crippen molar-refractivity contribution >= 4 is 13.7 Å². The van der Waals surface area contributed by atoms with Crippen LogP contribution in [0.5, 0.6) is 0 Å². The summed E-state index contributed by atoms with van der Waals surface area (Å²) in [6, 6.07) is -0.886. The highest BCUT2D eigenvalue weighted by atomic mass is 31.2. The van der Waals surface area contributed by atoms with Crippen molar-refractivity contribution in [1.29, 1.82) is 0 Å². The fourth-order valence-electron chi connectivity index (χ4n) is 5.79. The molecule has 0 bridgehead atoms. The lowest BCUT2D eigenvalue weighted by Gasteiger charge is -2.29. The number of carbonyl (C=O) groups excluding carboxylic acids is 1. The first-order valence-electron chi connectivity index (χ1n) is 20.7. The SMILES string of the molecule is CCCCCC/C=C/CCCCCCCC(=O)N[C@@H](COP(=O)([O-])OCC[N+](C)(C)C)[C@H](O)/C=C/CCCCCCCCCCCCCCC. The van der Waals surface area contributed by atoms with Crippen LogP contribution in [0.3, 0.4) is 0 Å². The molecule has 50 heavy (non-hydrogen) atoms. The number of nitrogens with one attached hydrogen (secondary N) is 1. The molecule has 1 amide bonds. The first-order chi connectivity index (χ1) is 24.0. The van der Waals surface area contributed by atoms with Crippen LogP contribution in [0.2, 0.25) is 0 Å². The molecule has 0 aliphatic rings. The Balaban J connectivity index is 4.50. The van der Waals surface area contributed by atoms with E-state index in [1.165, 1.54) is 109 Å². The molecule has 0 aliphatic heterocycles. The zero-order valence-corrected chi connectivity index (χ0v) is 34.2. The summed E-state index contributed by atoms with van der Waals surface area (Å²) < 4.78 is 23.1. The summed E-state index contributed by atoms with van der Waals surface area (Å²) in [5.74, 6) is -0.208. The van der Waals surface area contributed by atoms with Gasteiger partial charge < -0.3 is 28.8 Å². The van der Waals surface area contributed by atoms with E-state index < -0.39 is 20.0 Å². The topological polar surface area (TPSA) is 108 Å². The van der Waals surface area contributed by atoms with Crippen LogP contribution >= 0.6 is 7.82 Å². The van der Waals surface area contributed by atoms with Crippen molar-refractivity contribution < 1.29 is 32.9 Å². The third-order valence-electron chi connectivity index (χ3n) is 9.16. The Kier molecular flexibility index (Phi) is 33.1. The monoisotopic (exact) mass is 729 g/mol. The maximum absolute atomic E-state index is 12.8. The molecule has 0 saturated heterocycles. The standard InChI is InChI=1S/C41H81N2O6P/c1-6-8-10-12-14-16-18-20-21-23-24-26-28-30-32-34-40(44)39(38-49-50(46,47)48-37-36-43(3,4)5)42-41(45)35-33-31-29-27-25-22-19-17-15-13-11-9-7-2/h17,19,32,34,39-40,44H,6-16,18,20-31,33,35-38H2,1-5H3,(H-,42,45,46,47)/b19-17+,34-32+/t39-,40+/m0/s1. The summed E-state index contributed by atoms with van der Waals surface area (Å²) in [5, 5.41) is 13.7. The first kappa shape index (κ1) is 49.0. The van der Waals surface area contributed by atoms with Crippen LogP contribution < -0.4 is 10.2 Å². The molecule has 1 unspecified atom stereocenters. The van der Waals surface area contributed by atoms with Gasteiger partial charge >= 0.3 is 0 Å². The molecule has 0 fully saturated rings. The van der Waals surface area contributed by atoms with Gasteiger partial charge in [0, 0.05) is 6.42 Å². The number of nitrogens with zero attached hydrogens (tertiary/aromatic N) is 1. The van der Waals surface area contributed by atoms with Crippen molar-refractivity contribution in [2.24, 2.45) is 0 Å². The molecular weight excluding hydrogens is 647 g/mol. The van der Waals surface area contributed by atoms with E-state index in [1.807, 2.05) is 27.2 Å². The Morgan fingerprint density at radius 1 is 0.680 bits per heavy atom. The van der Waals surface area contributed by atoms with Gasteiger partial charge in [0.2, 0.25) is 5.91 Å². The number of aliphatic hydroxyl groups is 1. The molecule has 0 aromatic carbocycles. The first-order valence-corrected chi connectivity index (χ1v) is 22.2. The fraction of sp³-hybridized carbons (Fsp3) is 0.878. The van der Waals surface area contributed by atoms with E-state index in [4.69, 9.17) is 9.05 Å². The predicted octanol–water partition coefficient (Wildman–Crippen LogP) is 10.3. The van der Waals surface area contributed by atoms with Crippen LogP contribution in [0.25, 0.3) is 0 Å². The molecule has 0 saturated carbocycles. The van der Waals surface area contributed by atoms with Gasteiger partial charge in [-0.1, -0.05) is 154 Å². The average Bonchev–Trinajstić information content (AvgIpc) is 3.06. The lowest BCUT2D eigenvalue weighted by molar-refractivity contribution is -0.870. The second-order valence-electron chi connectivity index (χ2n) is 15.3. The molecule has 9 heteroatoms. The smallest absolute Gasteiger partial charge is 0.268 e. The number of quaternary nitrogens is 1. The Morgan fingerprint density at radius 2 is 1.10 bits per heavy atom. The minimum atomic E-state index is -4.58. The molecule has 0 aliphatic carbocycles. The number of likely N-dealkylation sites (N-methyl/N-ethyl adjacent to an activating group) is 1. The second-order valence-corrected chi connectivity index (χ2v) is 16.8. The van der Waals surface area contributed by atoms with Crippen LogP contribution in [0.4, 0.5) is 0 Å². The van der Waals surface area contributed by atoms with Crippen molar-refractivity contribution in [2.45, 2.75) is 193 Å². The van der Waals surface area contributed by atoms with Gasteiger partial charge in [0.15, 0.2) is 0 Å². The third kappa shape index (κ3) is 35.4. The number of hydrogen-bond acceptors (Lipinski definition) is 6. The molecule has 0 aromatic heterocycles. The molecule has 8 nitrogen and oxygen atoms in total. The second kappa shape index (κ2) is 33.8. The van der Waals surface area contributed by atoms with Gasteiger partial charge in [-0.05, 0) is 44.9 Å². The van der Waals surface area contributed by atoms with Gasteiger partial charge in [0.05, 0.1) is 39.9 Å². The van der Waals surface area contributed by atoms with Crippen molar-refractivity contribution in [1.82, 2.24) is 5.32 Å². The molecule has 0 aromatic rings. The summed E-state index contributed by atoms with van der Waals surface area (Å²) in [6.07, 6.45) is 37.8.